The van der Waals surface area contributed by atoms with Crippen LogP contribution < -0.4 is 20.7 Å². The molecule has 2 aromatic rings. The van der Waals surface area contributed by atoms with E-state index in [0.29, 0.717) is 29.5 Å². The molecule has 3 amide bonds. The second-order valence-electron chi connectivity index (χ2n) is 8.37. The van der Waals surface area contributed by atoms with Gasteiger partial charge in [-0.3, -0.25) is 4.79 Å². The van der Waals surface area contributed by atoms with Crippen molar-refractivity contribution in [2.24, 2.45) is 5.92 Å². The van der Waals surface area contributed by atoms with Crippen molar-refractivity contribution in [3.63, 3.8) is 0 Å². The summed E-state index contributed by atoms with van der Waals surface area (Å²) in [5.74, 6) is 0.623. The van der Waals surface area contributed by atoms with Crippen molar-refractivity contribution in [2.45, 2.75) is 25.7 Å². The number of piperidine rings is 1. The van der Waals surface area contributed by atoms with Crippen LogP contribution in [0.2, 0.25) is 0 Å². The number of nitrogens with zero attached hydrogens (tertiary/aromatic N) is 1. The third kappa shape index (κ3) is 7.46. The highest BCUT2D eigenvalue weighted by Crippen LogP contribution is 2.25. The number of ether oxygens (including phenoxy) is 1. The Bertz CT molecular complexity index is 936. The van der Waals surface area contributed by atoms with Crippen LogP contribution in [0.3, 0.4) is 0 Å². The average Bonchev–Trinajstić information content (AvgIpc) is 2.83. The second-order valence-corrected chi connectivity index (χ2v) is 8.37. The molecule has 0 unspecified atom stereocenters. The lowest BCUT2D eigenvalue weighted by atomic mass is 9.91. The first-order chi connectivity index (χ1) is 16.0. The molecule has 0 aromatic heterocycles. The molecule has 1 heterocycles. The van der Waals surface area contributed by atoms with Crippen molar-refractivity contribution in [3.8, 4) is 5.75 Å². The first-order valence-corrected chi connectivity index (χ1v) is 11.4. The molecule has 1 aliphatic rings. The molecule has 2 aromatic carbocycles. The fourth-order valence-corrected chi connectivity index (χ4v) is 4.24. The molecule has 0 aliphatic carbocycles. The molecule has 33 heavy (non-hydrogen) atoms. The minimum atomic E-state index is -0.338. The van der Waals surface area contributed by atoms with E-state index in [4.69, 9.17) is 4.74 Å². The van der Waals surface area contributed by atoms with E-state index in [-0.39, 0.29) is 17.8 Å². The van der Waals surface area contributed by atoms with Gasteiger partial charge in [-0.2, -0.15) is 0 Å². The lowest BCUT2D eigenvalue weighted by Gasteiger charge is -2.32. The van der Waals surface area contributed by atoms with Gasteiger partial charge in [-0.15, -0.1) is 0 Å². The molecule has 1 atom stereocenters. The Morgan fingerprint density at radius 1 is 1.18 bits per heavy atom. The lowest BCUT2D eigenvalue weighted by Crippen LogP contribution is -2.38. The van der Waals surface area contributed by atoms with Gasteiger partial charge in [0, 0.05) is 25.7 Å². The zero-order chi connectivity index (χ0) is 23.6. The van der Waals surface area contributed by atoms with Gasteiger partial charge in [0.2, 0.25) is 0 Å². The number of hydrogen-bond donors (Lipinski definition) is 3. The molecule has 0 saturated carbocycles. The fraction of sp³-hybridized carbons (Fsp3) is 0.440. The van der Waals surface area contributed by atoms with Crippen LogP contribution in [-0.2, 0) is 6.42 Å². The zero-order valence-corrected chi connectivity index (χ0v) is 19.3. The molecule has 0 bridgehead atoms. The van der Waals surface area contributed by atoms with Crippen LogP contribution in [0, 0.1) is 11.7 Å². The van der Waals surface area contributed by atoms with Crippen LogP contribution in [0.15, 0.2) is 42.5 Å². The third-order valence-corrected chi connectivity index (χ3v) is 5.91. The van der Waals surface area contributed by atoms with Crippen molar-refractivity contribution in [1.29, 1.82) is 0 Å². The summed E-state index contributed by atoms with van der Waals surface area (Å²) in [6, 6.07) is 11.3. The van der Waals surface area contributed by atoms with Gasteiger partial charge in [-0.05, 0) is 80.6 Å². The largest absolute Gasteiger partial charge is 0.495 e. The highest BCUT2D eigenvalue weighted by atomic mass is 19.1. The Kier molecular flexibility index (Phi) is 9.06. The Hall–Kier alpha value is -3.13. The number of nitrogens with one attached hydrogen (secondary N) is 3. The smallest absolute Gasteiger partial charge is 0.319 e. The maximum Gasteiger partial charge on any atom is 0.319 e. The number of benzene rings is 2. The van der Waals surface area contributed by atoms with Gasteiger partial charge in [-0.1, -0.05) is 12.1 Å². The van der Waals surface area contributed by atoms with Crippen LogP contribution in [0.5, 0.6) is 5.75 Å². The minimum absolute atomic E-state index is 0.196. The van der Waals surface area contributed by atoms with Gasteiger partial charge >= 0.3 is 6.03 Å². The topological polar surface area (TPSA) is 82.7 Å². The Labute approximate surface area is 194 Å². The van der Waals surface area contributed by atoms with Crippen LogP contribution in [-0.4, -0.2) is 57.2 Å². The van der Waals surface area contributed by atoms with E-state index in [1.54, 1.807) is 25.2 Å². The number of hydrogen-bond acceptors (Lipinski definition) is 4. The van der Waals surface area contributed by atoms with Crippen molar-refractivity contribution in [3.05, 3.63) is 59.4 Å². The Balaban J connectivity index is 1.41. The number of urea groups is 1. The highest BCUT2D eigenvalue weighted by Gasteiger charge is 2.20. The van der Waals surface area contributed by atoms with Crippen molar-refractivity contribution < 1.29 is 18.7 Å². The molecule has 1 fully saturated rings. The first-order valence-electron chi connectivity index (χ1n) is 11.4. The van der Waals surface area contributed by atoms with E-state index in [1.165, 1.54) is 31.2 Å². The summed E-state index contributed by atoms with van der Waals surface area (Å²) in [6.45, 7) is 3.54. The summed E-state index contributed by atoms with van der Waals surface area (Å²) >= 11 is 0. The normalized spacial score (nSPS) is 16.2. The molecule has 3 N–H and O–H groups in total. The molecule has 3 rings (SSSR count). The maximum atomic E-state index is 13.1. The predicted octanol–water partition coefficient (Wildman–Crippen LogP) is 3.66. The molecular weight excluding hydrogens is 423 g/mol. The number of likely N-dealkylation sites (tertiary alicyclic amines) is 1. The maximum absolute atomic E-state index is 13.1. The van der Waals surface area contributed by atoms with Gasteiger partial charge in [0.1, 0.15) is 11.6 Å². The average molecular weight is 457 g/mol. The van der Waals surface area contributed by atoms with Crippen LogP contribution in [0.25, 0.3) is 0 Å². The Morgan fingerprint density at radius 2 is 1.97 bits per heavy atom. The molecule has 178 valence electrons. The number of methoxy groups -OCH3 is 1. The molecule has 1 saturated heterocycles. The SMILES string of the molecule is CNC(=O)c1ccc(OC)c(NC(=O)NCCCN2CCC[C@@H](Cc3ccc(F)cc3)C2)c1. The van der Waals surface area contributed by atoms with Crippen LogP contribution in [0.4, 0.5) is 14.9 Å². The van der Waals surface area contributed by atoms with Crippen LogP contribution >= 0.6 is 0 Å². The number of rotatable bonds is 9. The van der Waals surface area contributed by atoms with Crippen molar-refractivity contribution in [2.75, 3.05) is 45.7 Å². The van der Waals surface area contributed by atoms with Gasteiger partial charge in [0.15, 0.2) is 0 Å². The van der Waals surface area contributed by atoms with E-state index >= 15 is 0 Å². The minimum Gasteiger partial charge on any atom is -0.495 e. The van der Waals surface area contributed by atoms with Gasteiger partial charge in [-0.25, -0.2) is 9.18 Å². The van der Waals surface area contributed by atoms with E-state index in [2.05, 4.69) is 20.9 Å². The number of carbonyl (C=O) groups excluding carboxylic acids is 2. The Morgan fingerprint density at radius 3 is 2.70 bits per heavy atom. The number of halogens is 1. The molecule has 0 spiro atoms. The number of amides is 3. The molecule has 8 heteroatoms. The van der Waals surface area contributed by atoms with E-state index < -0.39 is 0 Å². The summed E-state index contributed by atoms with van der Waals surface area (Å²) in [5, 5.41) is 8.20. The number of anilines is 1. The van der Waals surface area contributed by atoms with E-state index in [9.17, 15) is 14.0 Å². The predicted molar refractivity (Wildman–Crippen MR) is 127 cm³/mol. The summed E-state index contributed by atoms with van der Waals surface area (Å²) in [5.41, 5.74) is 2.06. The highest BCUT2D eigenvalue weighted by molar-refractivity contribution is 5.97. The summed E-state index contributed by atoms with van der Waals surface area (Å²) in [7, 11) is 3.07. The molecule has 7 nitrogen and oxygen atoms in total. The van der Waals surface area contributed by atoms with Crippen molar-refractivity contribution in [1.82, 2.24) is 15.5 Å². The second kappa shape index (κ2) is 12.2. The summed E-state index contributed by atoms with van der Waals surface area (Å²) in [4.78, 5) is 26.6. The van der Waals surface area contributed by atoms with Gasteiger partial charge in [0.05, 0.1) is 12.8 Å². The standard InChI is InChI=1S/C25H33FN4O3/c1-27-24(31)20-8-11-23(33-2)22(16-20)29-25(32)28-12-4-14-30-13-3-5-19(17-30)15-18-6-9-21(26)10-7-18/h6-11,16,19H,3-5,12-15,17H2,1-2H3,(H,27,31)(H2,28,29,32)/t19-/m0/s1. The lowest BCUT2D eigenvalue weighted by molar-refractivity contribution is 0.0963. The summed E-state index contributed by atoms with van der Waals surface area (Å²) in [6.07, 6.45) is 4.15. The van der Waals surface area contributed by atoms with Crippen molar-refractivity contribution >= 4 is 17.6 Å². The number of carbonyl (C=O) groups is 2. The van der Waals surface area contributed by atoms with Crippen LogP contribution in [0.1, 0.15) is 35.2 Å². The molecule has 0 radical (unpaired) electrons. The van der Waals surface area contributed by atoms with E-state index in [1.807, 2.05) is 12.1 Å². The first kappa shape index (κ1) is 24.5. The molecular formula is C25H33FN4O3. The van der Waals surface area contributed by atoms with E-state index in [0.717, 1.165) is 38.9 Å². The van der Waals surface area contributed by atoms with Gasteiger partial charge in [0.25, 0.3) is 5.91 Å². The fourth-order valence-electron chi connectivity index (χ4n) is 4.24. The quantitative estimate of drug-likeness (QED) is 0.503. The molecule has 1 aliphatic heterocycles. The third-order valence-electron chi connectivity index (χ3n) is 5.91. The summed E-state index contributed by atoms with van der Waals surface area (Å²) < 4.78 is 18.4. The monoisotopic (exact) mass is 456 g/mol. The van der Waals surface area contributed by atoms with Gasteiger partial charge < -0.3 is 25.6 Å². The zero-order valence-electron chi connectivity index (χ0n) is 19.3.